The molecular formula is C16H28O5S. The first-order valence-electron chi connectivity index (χ1n) is 8.08. The number of aliphatic hydroxyl groups is 1. The summed E-state index contributed by atoms with van der Waals surface area (Å²) >= 11 is 0. The van der Waals surface area contributed by atoms with Crippen LogP contribution in [0.2, 0.25) is 0 Å². The third kappa shape index (κ3) is 3.24. The van der Waals surface area contributed by atoms with Crippen molar-refractivity contribution in [3.8, 4) is 0 Å². The van der Waals surface area contributed by atoms with Crippen molar-refractivity contribution in [1.29, 1.82) is 0 Å². The van der Waals surface area contributed by atoms with Crippen LogP contribution in [0.3, 0.4) is 0 Å². The Morgan fingerprint density at radius 1 is 1.27 bits per heavy atom. The number of hydrogen-bond donors (Lipinski definition) is 1. The van der Waals surface area contributed by atoms with Gasteiger partial charge >= 0.3 is 0 Å². The van der Waals surface area contributed by atoms with Crippen molar-refractivity contribution < 1.29 is 22.5 Å². The number of aldehydes is 1. The van der Waals surface area contributed by atoms with Gasteiger partial charge in [0.25, 0.3) is 10.1 Å². The first kappa shape index (κ1) is 17.9. The average Bonchev–Trinajstić information content (AvgIpc) is 2.39. The Bertz CT molecular complexity index is 529. The van der Waals surface area contributed by atoms with Crippen LogP contribution in [0.1, 0.15) is 52.9 Å². The molecule has 0 amide bonds. The van der Waals surface area contributed by atoms with Crippen molar-refractivity contribution in [2.45, 2.75) is 64.6 Å². The number of hydrogen-bond acceptors (Lipinski definition) is 5. The van der Waals surface area contributed by atoms with Crippen molar-refractivity contribution in [3.05, 3.63) is 0 Å². The molecule has 1 N–H and O–H groups in total. The second-order valence-corrected chi connectivity index (χ2v) is 9.34. The van der Waals surface area contributed by atoms with Crippen LogP contribution < -0.4 is 0 Å². The number of carbonyl (C=O) groups excluding carboxylic acids is 1. The van der Waals surface area contributed by atoms with E-state index in [1.807, 2.05) is 20.8 Å². The van der Waals surface area contributed by atoms with E-state index >= 15 is 0 Å². The highest BCUT2D eigenvalue weighted by molar-refractivity contribution is 7.86. The summed E-state index contributed by atoms with van der Waals surface area (Å²) in [7, 11) is -3.53. The van der Waals surface area contributed by atoms with Crippen LogP contribution in [0.15, 0.2) is 0 Å². The molecule has 0 aromatic heterocycles. The zero-order chi connectivity index (χ0) is 16.8. The second-order valence-electron chi connectivity index (χ2n) is 7.74. The van der Waals surface area contributed by atoms with E-state index in [4.69, 9.17) is 4.18 Å². The summed E-state index contributed by atoms with van der Waals surface area (Å²) in [5, 5.41) is 10.9. The maximum Gasteiger partial charge on any atom is 0.264 e. The molecule has 2 aliphatic carbocycles. The first-order valence-corrected chi connectivity index (χ1v) is 9.89. The predicted molar refractivity (Wildman–Crippen MR) is 83.7 cm³/mol. The van der Waals surface area contributed by atoms with E-state index in [9.17, 15) is 18.3 Å². The molecule has 2 saturated carbocycles. The average molecular weight is 332 g/mol. The standard InChI is InChI=1S/C16H28O5S/c1-11(2)16(18)8-7-15(3)13(9-16)12(10-17)5-6-14(15)21-22(4,19)20/h10-14,18H,5-9H2,1-4H3/t12-,13+,14-,15-,16+/m1/s1. The molecule has 5 nitrogen and oxygen atoms in total. The van der Waals surface area contributed by atoms with Crippen molar-refractivity contribution in [2.75, 3.05) is 6.26 Å². The summed E-state index contributed by atoms with van der Waals surface area (Å²) in [6.07, 6.45) is 4.68. The summed E-state index contributed by atoms with van der Waals surface area (Å²) in [5.41, 5.74) is -1.16. The predicted octanol–water partition coefficient (Wildman–Crippen LogP) is 2.13. The van der Waals surface area contributed by atoms with Gasteiger partial charge in [0, 0.05) is 5.92 Å². The van der Waals surface area contributed by atoms with Gasteiger partial charge in [-0.25, -0.2) is 0 Å². The Morgan fingerprint density at radius 3 is 2.41 bits per heavy atom. The van der Waals surface area contributed by atoms with Crippen LogP contribution in [-0.2, 0) is 19.1 Å². The SMILES string of the molecule is CC(C)[C@]1(O)CC[C@@]2(C)[C@H](OS(C)(=O)=O)CC[C@H](C=O)[C@@H]2C1. The minimum absolute atomic E-state index is 0.0355. The Kier molecular flexibility index (Phi) is 4.78. The number of rotatable bonds is 4. The lowest BCUT2D eigenvalue weighted by Gasteiger charge is -2.56. The highest BCUT2D eigenvalue weighted by Crippen LogP contribution is 2.56. The fraction of sp³-hybridized carbons (Fsp3) is 0.938. The van der Waals surface area contributed by atoms with Crippen LogP contribution in [-0.4, -0.2) is 37.8 Å². The molecule has 0 aromatic rings. The van der Waals surface area contributed by atoms with Crippen LogP contribution in [0.4, 0.5) is 0 Å². The van der Waals surface area contributed by atoms with Crippen molar-refractivity contribution >= 4 is 16.4 Å². The molecule has 6 heteroatoms. The zero-order valence-corrected chi connectivity index (χ0v) is 14.7. The van der Waals surface area contributed by atoms with E-state index in [0.717, 1.165) is 12.5 Å². The molecule has 22 heavy (non-hydrogen) atoms. The smallest absolute Gasteiger partial charge is 0.264 e. The normalized spacial score (nSPS) is 42.9. The molecule has 2 aliphatic rings. The maximum atomic E-state index is 11.6. The van der Waals surface area contributed by atoms with E-state index in [0.29, 0.717) is 32.1 Å². The van der Waals surface area contributed by atoms with Gasteiger partial charge < -0.3 is 9.90 Å². The second kappa shape index (κ2) is 5.87. The Labute approximate surface area is 133 Å². The van der Waals surface area contributed by atoms with Gasteiger partial charge in [0.1, 0.15) is 6.29 Å². The molecule has 128 valence electrons. The van der Waals surface area contributed by atoms with Crippen LogP contribution >= 0.6 is 0 Å². The third-order valence-electron chi connectivity index (χ3n) is 6.07. The Morgan fingerprint density at radius 2 is 1.91 bits per heavy atom. The van der Waals surface area contributed by atoms with Gasteiger partial charge in [-0.05, 0) is 49.4 Å². The third-order valence-corrected chi connectivity index (χ3v) is 6.65. The highest BCUT2D eigenvalue weighted by Gasteiger charge is 2.56. The summed E-state index contributed by atoms with van der Waals surface area (Å²) in [6, 6.07) is 0. The summed E-state index contributed by atoms with van der Waals surface area (Å²) in [5.74, 6) is -0.0535. The zero-order valence-electron chi connectivity index (χ0n) is 13.9. The fourth-order valence-corrected chi connectivity index (χ4v) is 5.10. The van der Waals surface area contributed by atoms with Crippen LogP contribution in [0.25, 0.3) is 0 Å². The molecule has 0 aliphatic heterocycles. The van der Waals surface area contributed by atoms with Gasteiger partial charge in [0.2, 0.25) is 0 Å². The van der Waals surface area contributed by atoms with E-state index in [2.05, 4.69) is 0 Å². The van der Waals surface area contributed by atoms with Gasteiger partial charge in [-0.15, -0.1) is 0 Å². The van der Waals surface area contributed by atoms with Crippen LogP contribution in [0.5, 0.6) is 0 Å². The van der Waals surface area contributed by atoms with E-state index in [1.54, 1.807) is 0 Å². The van der Waals surface area contributed by atoms with E-state index in [-0.39, 0.29) is 23.2 Å². The minimum Gasteiger partial charge on any atom is -0.390 e. The maximum absolute atomic E-state index is 11.6. The van der Waals surface area contributed by atoms with Crippen molar-refractivity contribution in [1.82, 2.24) is 0 Å². The molecule has 0 spiro atoms. The first-order chi connectivity index (χ1) is 10.0. The Hall–Kier alpha value is -0.460. The highest BCUT2D eigenvalue weighted by atomic mass is 32.2. The fourth-order valence-electron chi connectivity index (χ4n) is 4.36. The largest absolute Gasteiger partial charge is 0.390 e. The van der Waals surface area contributed by atoms with Gasteiger partial charge in [-0.3, -0.25) is 4.18 Å². The van der Waals surface area contributed by atoms with Gasteiger partial charge in [0.15, 0.2) is 0 Å². The minimum atomic E-state index is -3.53. The molecule has 0 bridgehead atoms. The summed E-state index contributed by atoms with van der Waals surface area (Å²) in [4.78, 5) is 11.5. The topological polar surface area (TPSA) is 80.7 Å². The van der Waals surface area contributed by atoms with Crippen LogP contribution in [0, 0.1) is 23.2 Å². The van der Waals surface area contributed by atoms with E-state index in [1.165, 1.54) is 0 Å². The number of carbonyl (C=O) groups is 1. The van der Waals surface area contributed by atoms with E-state index < -0.39 is 21.8 Å². The van der Waals surface area contributed by atoms with Crippen molar-refractivity contribution in [2.24, 2.45) is 23.2 Å². The number of fused-ring (bicyclic) bond motifs is 1. The lowest BCUT2D eigenvalue weighted by molar-refractivity contribution is -0.156. The van der Waals surface area contributed by atoms with Gasteiger partial charge in [0.05, 0.1) is 18.0 Å². The Balaban J connectivity index is 2.32. The molecule has 0 unspecified atom stereocenters. The summed E-state index contributed by atoms with van der Waals surface area (Å²) < 4.78 is 28.5. The van der Waals surface area contributed by atoms with Gasteiger partial charge in [-0.2, -0.15) is 8.42 Å². The monoisotopic (exact) mass is 332 g/mol. The molecule has 0 saturated heterocycles. The summed E-state index contributed by atoms with van der Waals surface area (Å²) in [6.45, 7) is 6.00. The molecule has 2 fully saturated rings. The molecule has 0 aromatic carbocycles. The lowest BCUT2D eigenvalue weighted by atomic mass is 9.52. The van der Waals surface area contributed by atoms with Gasteiger partial charge in [-0.1, -0.05) is 20.8 Å². The lowest BCUT2D eigenvalue weighted by Crippen LogP contribution is -2.56. The van der Waals surface area contributed by atoms with Crippen molar-refractivity contribution in [3.63, 3.8) is 0 Å². The molecular weight excluding hydrogens is 304 g/mol. The molecule has 5 atom stereocenters. The quantitative estimate of drug-likeness (QED) is 0.630. The molecule has 0 heterocycles. The molecule has 2 rings (SSSR count). The molecule has 0 radical (unpaired) electrons.